The maximum Gasteiger partial charge on any atom is 0.327 e. The first-order valence-electron chi connectivity index (χ1n) is 16.8. The van der Waals surface area contributed by atoms with E-state index in [-0.39, 0.29) is 92.1 Å². The van der Waals surface area contributed by atoms with Gasteiger partial charge in [0.15, 0.2) is 0 Å². The number of carbonyl (C=O) groups is 3. The van der Waals surface area contributed by atoms with Crippen LogP contribution in [0.2, 0.25) is 0 Å². The van der Waals surface area contributed by atoms with Crippen LogP contribution in [0.4, 0.5) is 13.6 Å². The summed E-state index contributed by atoms with van der Waals surface area (Å²) in [5.74, 6) is -3.26. The van der Waals surface area contributed by atoms with Gasteiger partial charge in [-0.2, -0.15) is 0 Å². The molecule has 11 heteroatoms. The van der Waals surface area contributed by atoms with Crippen LogP contribution in [0.5, 0.6) is 0 Å². The number of urea groups is 1. The Morgan fingerprint density at radius 1 is 1.00 bits per heavy atom. The van der Waals surface area contributed by atoms with Gasteiger partial charge in [0.1, 0.15) is 5.54 Å². The van der Waals surface area contributed by atoms with Crippen LogP contribution in [-0.4, -0.2) is 87.9 Å². The number of benzene rings is 1. The normalized spacial score (nSPS) is 31.0. The number of rotatable bonds is 9. The van der Waals surface area contributed by atoms with Gasteiger partial charge in [-0.25, -0.2) is 13.6 Å². The van der Waals surface area contributed by atoms with Crippen LogP contribution in [0.25, 0.3) is 0 Å². The quantitative estimate of drug-likeness (QED) is 0.327. The molecule has 1 N–H and O–H groups in total. The zero-order chi connectivity index (χ0) is 31.1. The molecular weight excluding hydrogens is 602 g/mol. The number of amides is 4. The summed E-state index contributed by atoms with van der Waals surface area (Å²) in [6.45, 7) is 5.76. The van der Waals surface area contributed by atoms with Gasteiger partial charge in [-0.15, -0.1) is 12.4 Å². The van der Waals surface area contributed by atoms with Crippen LogP contribution in [-0.2, 0) is 14.3 Å². The van der Waals surface area contributed by atoms with Gasteiger partial charge in [-0.1, -0.05) is 30.3 Å². The van der Waals surface area contributed by atoms with Gasteiger partial charge >= 0.3 is 6.03 Å². The summed E-state index contributed by atoms with van der Waals surface area (Å²) in [5, 5.41) is 3.21. The Balaban J connectivity index is 0.00000400. The van der Waals surface area contributed by atoms with Crippen molar-refractivity contribution in [3.8, 4) is 0 Å². The number of ether oxygens (including phenoxy) is 1. The molecule has 4 saturated heterocycles. The number of nitrogens with zero attached hydrogens (tertiary/aromatic N) is 3. The highest BCUT2D eigenvalue weighted by Crippen LogP contribution is 2.48. The molecule has 5 fully saturated rings. The average molecular weight is 651 g/mol. The second-order valence-electron chi connectivity index (χ2n) is 14.1. The van der Waals surface area contributed by atoms with Crippen molar-refractivity contribution in [2.75, 3.05) is 19.7 Å². The largest absolute Gasteiger partial charge is 0.376 e. The smallest absolute Gasteiger partial charge is 0.327 e. The van der Waals surface area contributed by atoms with Crippen molar-refractivity contribution in [3.05, 3.63) is 35.9 Å². The molecule has 0 aromatic heterocycles. The van der Waals surface area contributed by atoms with Crippen molar-refractivity contribution in [2.24, 2.45) is 5.92 Å². The number of hydrogen-bond donors (Lipinski definition) is 1. The highest BCUT2D eigenvalue weighted by atomic mass is 35.5. The molecule has 0 radical (unpaired) electrons. The van der Waals surface area contributed by atoms with E-state index in [1.165, 1.54) is 4.90 Å². The molecule has 5 aliphatic rings. The van der Waals surface area contributed by atoms with Gasteiger partial charge in [0, 0.05) is 50.0 Å². The molecule has 6 rings (SSSR count). The third-order valence-corrected chi connectivity index (χ3v) is 10.9. The second-order valence-corrected chi connectivity index (χ2v) is 14.1. The van der Waals surface area contributed by atoms with Crippen molar-refractivity contribution in [2.45, 2.75) is 133 Å². The molecule has 8 nitrogen and oxygen atoms in total. The van der Waals surface area contributed by atoms with E-state index >= 15 is 0 Å². The summed E-state index contributed by atoms with van der Waals surface area (Å²) in [6, 6.07) is 9.71. The summed E-state index contributed by atoms with van der Waals surface area (Å²) in [4.78, 5) is 47.0. The Kier molecular flexibility index (Phi) is 10.5. The molecule has 1 saturated carbocycles. The molecule has 45 heavy (non-hydrogen) atoms. The van der Waals surface area contributed by atoms with Crippen LogP contribution in [0.3, 0.4) is 0 Å². The molecule has 2 bridgehead atoms. The Morgan fingerprint density at radius 2 is 1.67 bits per heavy atom. The zero-order valence-electron chi connectivity index (χ0n) is 26.6. The number of nitrogens with one attached hydrogen (secondary N) is 1. The fraction of sp³-hybridized carbons (Fsp3) is 0.735. The number of imide groups is 1. The summed E-state index contributed by atoms with van der Waals surface area (Å²) in [7, 11) is 0. The van der Waals surface area contributed by atoms with Gasteiger partial charge < -0.3 is 15.0 Å². The number of hydrogen-bond acceptors (Lipinski definition) is 5. The third kappa shape index (κ3) is 6.89. The molecule has 4 aliphatic heterocycles. The number of fused-ring (bicyclic) bond motifs is 2. The van der Waals surface area contributed by atoms with Gasteiger partial charge in [-0.05, 0) is 83.6 Å². The van der Waals surface area contributed by atoms with Gasteiger partial charge in [0.05, 0.1) is 18.7 Å². The first-order valence-corrected chi connectivity index (χ1v) is 16.8. The lowest BCUT2D eigenvalue weighted by Gasteiger charge is -2.48. The molecule has 1 aromatic rings. The topological polar surface area (TPSA) is 82.2 Å². The maximum atomic E-state index is 14.2. The minimum Gasteiger partial charge on any atom is -0.376 e. The number of carbonyl (C=O) groups excluding carboxylic acids is 3. The SMILES string of the molecule is CC(C)N1C(=O)N(CC2CCCCO2)C(=O)C12CC1CCC(C2)N1CC[C@H](NC(=O)C1CCC(F)(F)CC1)c1ccccc1.Cl. The lowest BCUT2D eigenvalue weighted by molar-refractivity contribution is -0.139. The van der Waals surface area contributed by atoms with Gasteiger partial charge in [-0.3, -0.25) is 19.4 Å². The van der Waals surface area contributed by atoms with Crippen molar-refractivity contribution < 1.29 is 27.9 Å². The zero-order valence-corrected chi connectivity index (χ0v) is 27.4. The fourth-order valence-corrected chi connectivity index (χ4v) is 8.72. The average Bonchev–Trinajstić information content (AvgIpc) is 3.36. The molecule has 1 spiro atoms. The highest BCUT2D eigenvalue weighted by molar-refractivity contribution is 6.07. The van der Waals surface area contributed by atoms with E-state index in [9.17, 15) is 23.2 Å². The molecule has 4 atom stereocenters. The maximum absolute atomic E-state index is 14.2. The van der Waals surface area contributed by atoms with Crippen molar-refractivity contribution >= 4 is 30.3 Å². The molecular formula is C34H49ClF2N4O4. The molecule has 250 valence electrons. The molecule has 1 aromatic carbocycles. The number of piperidine rings is 1. The Labute approximate surface area is 272 Å². The fourth-order valence-electron chi connectivity index (χ4n) is 8.72. The molecule has 4 amide bonds. The summed E-state index contributed by atoms with van der Waals surface area (Å²) < 4.78 is 33.4. The van der Waals surface area contributed by atoms with Gasteiger partial charge in [0.25, 0.3) is 5.91 Å². The van der Waals surface area contributed by atoms with E-state index in [0.717, 1.165) is 44.2 Å². The van der Waals surface area contributed by atoms with E-state index in [1.807, 2.05) is 49.1 Å². The number of alkyl halides is 2. The monoisotopic (exact) mass is 650 g/mol. The predicted octanol–water partition coefficient (Wildman–Crippen LogP) is 6.09. The lowest BCUT2D eigenvalue weighted by Crippen LogP contribution is -2.61. The predicted molar refractivity (Wildman–Crippen MR) is 169 cm³/mol. The van der Waals surface area contributed by atoms with Gasteiger partial charge in [0.2, 0.25) is 11.8 Å². The van der Waals surface area contributed by atoms with Crippen LogP contribution >= 0.6 is 12.4 Å². The highest BCUT2D eigenvalue weighted by Gasteiger charge is 2.63. The van der Waals surface area contributed by atoms with Crippen molar-refractivity contribution in [3.63, 3.8) is 0 Å². The minimum absolute atomic E-state index is 0. The van der Waals surface area contributed by atoms with Crippen LogP contribution < -0.4 is 5.32 Å². The Bertz CT molecular complexity index is 1190. The van der Waals surface area contributed by atoms with E-state index < -0.39 is 11.5 Å². The third-order valence-electron chi connectivity index (χ3n) is 10.9. The first kappa shape index (κ1) is 34.0. The Morgan fingerprint density at radius 3 is 2.27 bits per heavy atom. The summed E-state index contributed by atoms with van der Waals surface area (Å²) in [5.41, 5.74) is 0.184. The van der Waals surface area contributed by atoms with Crippen molar-refractivity contribution in [1.29, 1.82) is 0 Å². The number of halogens is 3. The second kappa shape index (κ2) is 13.8. The standard InChI is InChI=1S/C34H48F2N4O4.ClH/c1-23(2)40-32(43)39(22-28-10-6-7-19-44-28)31(42)33(40)20-26-11-12-27(21-33)38(26)18-15-29(24-8-4-3-5-9-24)37-30(41)25-13-16-34(35,36)17-14-25;/h3-5,8-9,23,25-29H,6-7,10-22H2,1-2H3,(H,37,41);1H/t26?,27?,28?,29-,33?;/m0./s1. The van der Waals surface area contributed by atoms with Crippen molar-refractivity contribution in [1.82, 2.24) is 20.0 Å². The van der Waals surface area contributed by atoms with Crippen LogP contribution in [0, 0.1) is 5.92 Å². The minimum atomic E-state index is -2.67. The lowest BCUT2D eigenvalue weighted by atomic mass is 9.80. The van der Waals surface area contributed by atoms with Crippen LogP contribution in [0.1, 0.15) is 103 Å². The van der Waals surface area contributed by atoms with E-state index in [0.29, 0.717) is 32.4 Å². The summed E-state index contributed by atoms with van der Waals surface area (Å²) >= 11 is 0. The first-order chi connectivity index (χ1) is 21.1. The van der Waals surface area contributed by atoms with E-state index in [2.05, 4.69) is 10.2 Å². The molecule has 4 heterocycles. The van der Waals surface area contributed by atoms with Crippen LogP contribution in [0.15, 0.2) is 30.3 Å². The molecule has 1 aliphatic carbocycles. The molecule has 3 unspecified atom stereocenters. The van der Waals surface area contributed by atoms with E-state index in [1.54, 1.807) is 0 Å². The Hall–Kier alpha value is -2.30. The van der Waals surface area contributed by atoms with E-state index in [4.69, 9.17) is 4.74 Å². The summed E-state index contributed by atoms with van der Waals surface area (Å²) in [6.07, 6.45) is 6.68.